The molecule has 0 aliphatic heterocycles. The van der Waals surface area contributed by atoms with Crippen LogP contribution in [0.25, 0.3) is 0 Å². The van der Waals surface area contributed by atoms with E-state index in [2.05, 4.69) is 15.5 Å². The number of nitrogens with one attached hydrogen (secondary N) is 1. The molecule has 0 amide bonds. The molecule has 0 aliphatic rings. The number of ether oxygens (including phenoxy) is 1. The summed E-state index contributed by atoms with van der Waals surface area (Å²) in [5, 5.41) is 6.97. The summed E-state index contributed by atoms with van der Waals surface area (Å²) in [4.78, 5) is 15.4. The largest absolute Gasteiger partial charge is 0.466 e. The van der Waals surface area contributed by atoms with E-state index in [4.69, 9.17) is 9.26 Å². The smallest absolute Gasteiger partial charge is 0.307 e. The summed E-state index contributed by atoms with van der Waals surface area (Å²) in [6.07, 6.45) is 0.341. The van der Waals surface area contributed by atoms with Crippen LogP contribution in [0.15, 0.2) is 4.52 Å². The summed E-state index contributed by atoms with van der Waals surface area (Å²) in [6.45, 7) is 9.27. The van der Waals surface area contributed by atoms with Gasteiger partial charge in [0.15, 0.2) is 5.82 Å². The molecule has 0 bridgehead atoms. The molecule has 0 saturated carbocycles. The fraction of sp³-hybridized carbons (Fsp3) is 0.750. The topological polar surface area (TPSA) is 77.2 Å². The predicted octanol–water partition coefficient (Wildman–Crippen LogP) is 1.41. The molecule has 0 aliphatic carbocycles. The lowest BCUT2D eigenvalue weighted by molar-refractivity contribution is -0.142. The van der Waals surface area contributed by atoms with E-state index in [0.717, 1.165) is 0 Å². The summed E-state index contributed by atoms with van der Waals surface area (Å²) in [6, 6.07) is 0. The van der Waals surface area contributed by atoms with Gasteiger partial charge in [0.2, 0.25) is 5.89 Å². The molecule has 18 heavy (non-hydrogen) atoms. The lowest BCUT2D eigenvalue weighted by Gasteiger charge is -2.10. The Bertz CT molecular complexity index is 382. The molecular weight excluding hydrogens is 234 g/mol. The van der Waals surface area contributed by atoms with Gasteiger partial charge >= 0.3 is 5.97 Å². The van der Waals surface area contributed by atoms with Crippen molar-refractivity contribution in [1.82, 2.24) is 15.5 Å². The summed E-state index contributed by atoms with van der Waals surface area (Å²) in [5.74, 6) is 1.01. The zero-order chi connectivity index (χ0) is 13.6. The van der Waals surface area contributed by atoms with E-state index in [1.807, 2.05) is 20.8 Å². The van der Waals surface area contributed by atoms with E-state index >= 15 is 0 Å². The molecule has 6 nitrogen and oxygen atoms in total. The highest BCUT2D eigenvalue weighted by Crippen LogP contribution is 2.18. The number of carbonyl (C=O) groups excluding carboxylic acids is 1. The fourth-order valence-corrected chi connectivity index (χ4v) is 1.25. The second-order valence-corrected chi connectivity index (χ2v) is 4.99. The molecule has 1 N–H and O–H groups in total. The van der Waals surface area contributed by atoms with Crippen LogP contribution >= 0.6 is 0 Å². The summed E-state index contributed by atoms with van der Waals surface area (Å²) >= 11 is 0. The lowest BCUT2D eigenvalue weighted by atomic mass is 9.96. The summed E-state index contributed by atoms with van der Waals surface area (Å²) in [5.41, 5.74) is -0.118. The van der Waals surface area contributed by atoms with E-state index in [0.29, 0.717) is 37.8 Å². The molecule has 1 rings (SSSR count). The van der Waals surface area contributed by atoms with Gasteiger partial charge in [0.1, 0.15) is 0 Å². The van der Waals surface area contributed by atoms with Gasteiger partial charge in [-0.15, -0.1) is 0 Å². The van der Waals surface area contributed by atoms with Crippen molar-refractivity contribution in [3.63, 3.8) is 0 Å². The third-order valence-electron chi connectivity index (χ3n) is 2.23. The van der Waals surface area contributed by atoms with E-state index in [1.54, 1.807) is 6.92 Å². The van der Waals surface area contributed by atoms with E-state index in [-0.39, 0.29) is 11.4 Å². The number of aromatic nitrogens is 2. The Morgan fingerprint density at radius 1 is 1.44 bits per heavy atom. The number of esters is 1. The molecule has 0 spiro atoms. The van der Waals surface area contributed by atoms with Crippen LogP contribution in [0.2, 0.25) is 0 Å². The maximum Gasteiger partial charge on any atom is 0.307 e. The van der Waals surface area contributed by atoms with Crippen molar-refractivity contribution in [1.29, 1.82) is 0 Å². The van der Waals surface area contributed by atoms with Crippen molar-refractivity contribution in [2.45, 2.75) is 46.1 Å². The molecule has 1 heterocycles. The third-order valence-corrected chi connectivity index (χ3v) is 2.23. The van der Waals surface area contributed by atoms with Crippen LogP contribution in [0, 0.1) is 0 Å². The van der Waals surface area contributed by atoms with Gasteiger partial charge < -0.3 is 14.6 Å². The Labute approximate surface area is 107 Å². The zero-order valence-corrected chi connectivity index (χ0v) is 11.4. The SMILES string of the molecule is CCOC(=O)CCNCc1nc(C(C)(C)C)no1. The Balaban J connectivity index is 2.28. The molecule has 6 heteroatoms. The van der Waals surface area contributed by atoms with E-state index < -0.39 is 0 Å². The standard InChI is InChI=1S/C12H21N3O3/c1-5-17-10(16)6-7-13-8-9-14-11(15-18-9)12(2,3)4/h13H,5-8H2,1-4H3. The fourth-order valence-electron chi connectivity index (χ4n) is 1.25. The van der Waals surface area contributed by atoms with Crippen molar-refractivity contribution < 1.29 is 14.1 Å². The minimum Gasteiger partial charge on any atom is -0.466 e. The molecule has 0 radical (unpaired) electrons. The molecule has 0 fully saturated rings. The number of carbonyl (C=O) groups is 1. The monoisotopic (exact) mass is 255 g/mol. The third kappa shape index (κ3) is 4.83. The van der Waals surface area contributed by atoms with Gasteiger partial charge in [-0.1, -0.05) is 25.9 Å². The van der Waals surface area contributed by atoms with Crippen molar-refractivity contribution in [3.8, 4) is 0 Å². The van der Waals surface area contributed by atoms with E-state index in [9.17, 15) is 4.79 Å². The molecule has 0 unspecified atom stereocenters. The first-order chi connectivity index (χ1) is 8.43. The Morgan fingerprint density at radius 2 is 2.17 bits per heavy atom. The Morgan fingerprint density at radius 3 is 2.72 bits per heavy atom. The Hall–Kier alpha value is -1.43. The van der Waals surface area contributed by atoms with Gasteiger partial charge in [-0.05, 0) is 6.92 Å². The number of rotatable bonds is 6. The number of hydrogen-bond acceptors (Lipinski definition) is 6. The first kappa shape index (κ1) is 14.6. The molecule has 0 atom stereocenters. The second-order valence-electron chi connectivity index (χ2n) is 4.99. The highest BCUT2D eigenvalue weighted by molar-refractivity contribution is 5.69. The average molecular weight is 255 g/mol. The molecular formula is C12H21N3O3. The van der Waals surface area contributed by atoms with Crippen molar-refractivity contribution in [2.24, 2.45) is 0 Å². The van der Waals surface area contributed by atoms with Gasteiger partial charge in [-0.25, -0.2) is 0 Å². The van der Waals surface area contributed by atoms with Gasteiger partial charge in [0.05, 0.1) is 19.6 Å². The van der Waals surface area contributed by atoms with Crippen LogP contribution in [0.3, 0.4) is 0 Å². The number of hydrogen-bond donors (Lipinski definition) is 1. The molecule has 1 aromatic heterocycles. The normalized spacial score (nSPS) is 11.6. The van der Waals surface area contributed by atoms with Gasteiger partial charge in [-0.2, -0.15) is 4.98 Å². The Kier molecular flexibility index (Phi) is 5.27. The molecule has 1 aromatic rings. The quantitative estimate of drug-likeness (QED) is 0.611. The van der Waals surface area contributed by atoms with Crippen molar-refractivity contribution >= 4 is 5.97 Å². The minimum atomic E-state index is -0.203. The predicted molar refractivity (Wildman–Crippen MR) is 66.0 cm³/mol. The maximum atomic E-state index is 11.1. The first-order valence-corrected chi connectivity index (χ1v) is 6.13. The van der Waals surface area contributed by atoms with Crippen molar-refractivity contribution in [3.05, 3.63) is 11.7 Å². The van der Waals surface area contributed by atoms with E-state index in [1.165, 1.54) is 0 Å². The van der Waals surface area contributed by atoms with Crippen LogP contribution < -0.4 is 5.32 Å². The number of nitrogens with zero attached hydrogens (tertiary/aromatic N) is 2. The first-order valence-electron chi connectivity index (χ1n) is 6.13. The molecule has 0 saturated heterocycles. The van der Waals surface area contributed by atoms with Crippen LogP contribution in [0.1, 0.15) is 45.8 Å². The van der Waals surface area contributed by atoms with Gasteiger partial charge in [-0.3, -0.25) is 4.79 Å². The van der Waals surface area contributed by atoms with Gasteiger partial charge in [0.25, 0.3) is 0 Å². The highest BCUT2D eigenvalue weighted by Gasteiger charge is 2.20. The maximum absolute atomic E-state index is 11.1. The summed E-state index contributed by atoms with van der Waals surface area (Å²) < 4.78 is 9.92. The highest BCUT2D eigenvalue weighted by atomic mass is 16.5. The summed E-state index contributed by atoms with van der Waals surface area (Å²) in [7, 11) is 0. The van der Waals surface area contributed by atoms with Crippen LogP contribution in [-0.4, -0.2) is 29.3 Å². The van der Waals surface area contributed by atoms with Crippen LogP contribution in [-0.2, 0) is 21.5 Å². The van der Waals surface area contributed by atoms with Crippen LogP contribution in [0.5, 0.6) is 0 Å². The average Bonchev–Trinajstić information content (AvgIpc) is 2.73. The van der Waals surface area contributed by atoms with Gasteiger partial charge in [0, 0.05) is 12.0 Å². The molecule has 102 valence electrons. The minimum absolute atomic E-state index is 0.118. The van der Waals surface area contributed by atoms with Crippen LogP contribution in [0.4, 0.5) is 0 Å². The lowest BCUT2D eigenvalue weighted by Crippen LogP contribution is -2.19. The molecule has 0 aromatic carbocycles. The second kappa shape index (κ2) is 6.49. The zero-order valence-electron chi connectivity index (χ0n) is 11.4. The van der Waals surface area contributed by atoms with Crippen molar-refractivity contribution in [2.75, 3.05) is 13.2 Å².